The molecule has 5 heteroatoms. The van der Waals surface area contributed by atoms with Crippen molar-refractivity contribution in [1.29, 1.82) is 0 Å². The van der Waals surface area contributed by atoms with E-state index in [2.05, 4.69) is 16.9 Å². The average molecular weight is 319 g/mol. The van der Waals surface area contributed by atoms with Gasteiger partial charge in [0.05, 0.1) is 26.2 Å². The standard InChI is InChI=1S/C18H25NO4/c1-22-18(21)11-10-17(20)19-12-13-23-16(14-19)9-5-8-15-6-3-2-4-7-15/h2-4,6-7,16H,5,8-14H2,1H3/t16-/m1/s1. The van der Waals surface area contributed by atoms with Gasteiger partial charge < -0.3 is 14.4 Å². The molecule has 0 saturated carbocycles. The number of methoxy groups -OCH3 is 1. The van der Waals surface area contributed by atoms with Crippen LogP contribution in [0.3, 0.4) is 0 Å². The van der Waals surface area contributed by atoms with Crippen molar-refractivity contribution in [3.63, 3.8) is 0 Å². The van der Waals surface area contributed by atoms with Crippen LogP contribution in [0.1, 0.15) is 31.2 Å². The van der Waals surface area contributed by atoms with Crippen molar-refractivity contribution in [2.24, 2.45) is 0 Å². The Kier molecular flexibility index (Phi) is 7.07. The molecule has 1 aromatic rings. The van der Waals surface area contributed by atoms with Gasteiger partial charge in [0.2, 0.25) is 5.91 Å². The first-order valence-corrected chi connectivity index (χ1v) is 8.19. The highest BCUT2D eigenvalue weighted by Crippen LogP contribution is 2.14. The van der Waals surface area contributed by atoms with E-state index in [-0.39, 0.29) is 30.8 Å². The van der Waals surface area contributed by atoms with E-state index in [4.69, 9.17) is 4.74 Å². The lowest BCUT2D eigenvalue weighted by Crippen LogP contribution is -2.45. The number of esters is 1. The van der Waals surface area contributed by atoms with Crippen LogP contribution >= 0.6 is 0 Å². The lowest BCUT2D eigenvalue weighted by molar-refractivity contribution is -0.146. The number of rotatable bonds is 7. The van der Waals surface area contributed by atoms with Crippen molar-refractivity contribution in [2.75, 3.05) is 26.8 Å². The largest absolute Gasteiger partial charge is 0.469 e. The summed E-state index contributed by atoms with van der Waals surface area (Å²) >= 11 is 0. The van der Waals surface area contributed by atoms with Crippen LogP contribution < -0.4 is 0 Å². The Balaban J connectivity index is 1.70. The van der Waals surface area contributed by atoms with Gasteiger partial charge >= 0.3 is 5.97 Å². The van der Waals surface area contributed by atoms with Crippen LogP contribution in [0.2, 0.25) is 0 Å². The molecule has 1 aliphatic heterocycles. The molecule has 0 aromatic heterocycles. The summed E-state index contributed by atoms with van der Waals surface area (Å²) in [4.78, 5) is 25.0. The number of hydrogen-bond acceptors (Lipinski definition) is 4. The predicted octanol–water partition coefficient (Wildman–Crippen LogP) is 2.19. The highest BCUT2D eigenvalue weighted by atomic mass is 16.5. The Labute approximate surface area is 137 Å². The van der Waals surface area contributed by atoms with Crippen molar-refractivity contribution in [2.45, 2.75) is 38.2 Å². The minimum absolute atomic E-state index is 0.00626. The van der Waals surface area contributed by atoms with Crippen LogP contribution in [0.15, 0.2) is 30.3 Å². The van der Waals surface area contributed by atoms with Crippen LogP contribution in [0.25, 0.3) is 0 Å². The van der Waals surface area contributed by atoms with E-state index in [1.165, 1.54) is 12.7 Å². The Hall–Kier alpha value is -1.88. The van der Waals surface area contributed by atoms with Crippen molar-refractivity contribution in [1.82, 2.24) is 4.90 Å². The molecule has 0 bridgehead atoms. The first-order valence-electron chi connectivity index (χ1n) is 8.19. The molecule has 2 rings (SSSR count). The first-order chi connectivity index (χ1) is 11.2. The summed E-state index contributed by atoms with van der Waals surface area (Å²) in [7, 11) is 1.34. The van der Waals surface area contributed by atoms with Gasteiger partial charge in [0, 0.05) is 19.5 Å². The lowest BCUT2D eigenvalue weighted by atomic mass is 10.0. The zero-order valence-electron chi connectivity index (χ0n) is 13.7. The van der Waals surface area contributed by atoms with E-state index < -0.39 is 0 Å². The Bertz CT molecular complexity index is 503. The number of carbonyl (C=O) groups is 2. The smallest absolute Gasteiger partial charge is 0.306 e. The fraction of sp³-hybridized carbons (Fsp3) is 0.556. The van der Waals surface area contributed by atoms with Gasteiger partial charge in [-0.3, -0.25) is 9.59 Å². The molecule has 0 N–H and O–H groups in total. The zero-order valence-corrected chi connectivity index (χ0v) is 13.7. The van der Waals surface area contributed by atoms with Crippen LogP contribution in [0.5, 0.6) is 0 Å². The average Bonchev–Trinajstić information content (AvgIpc) is 2.60. The third-order valence-corrected chi connectivity index (χ3v) is 4.10. The van der Waals surface area contributed by atoms with Crippen LogP contribution in [0, 0.1) is 0 Å². The molecule has 1 amide bonds. The second-order valence-corrected chi connectivity index (χ2v) is 5.79. The molecular formula is C18H25NO4. The Morgan fingerprint density at radius 2 is 2.04 bits per heavy atom. The van der Waals surface area contributed by atoms with E-state index in [1.807, 2.05) is 18.2 Å². The number of nitrogens with zero attached hydrogens (tertiary/aromatic N) is 1. The molecule has 0 spiro atoms. The van der Waals surface area contributed by atoms with Crippen molar-refractivity contribution < 1.29 is 19.1 Å². The third kappa shape index (κ3) is 6.02. The fourth-order valence-electron chi connectivity index (χ4n) is 2.77. The van der Waals surface area contributed by atoms with E-state index in [0.29, 0.717) is 19.7 Å². The summed E-state index contributed by atoms with van der Waals surface area (Å²) in [5.74, 6) is -0.335. The SMILES string of the molecule is COC(=O)CCC(=O)N1CCO[C@H](CCCc2ccccc2)C1. The molecule has 5 nitrogen and oxygen atoms in total. The van der Waals surface area contributed by atoms with Gasteiger partial charge in [0.1, 0.15) is 0 Å². The first kappa shape index (κ1) is 17.5. The molecule has 23 heavy (non-hydrogen) atoms. The molecule has 0 radical (unpaired) electrons. The molecule has 1 saturated heterocycles. The highest BCUT2D eigenvalue weighted by molar-refractivity contribution is 5.81. The van der Waals surface area contributed by atoms with Gasteiger partial charge in [-0.2, -0.15) is 0 Å². The van der Waals surface area contributed by atoms with Crippen LogP contribution in [-0.4, -0.2) is 49.7 Å². The van der Waals surface area contributed by atoms with Crippen LogP contribution in [-0.2, 0) is 25.5 Å². The Morgan fingerprint density at radius 3 is 2.78 bits per heavy atom. The fourth-order valence-corrected chi connectivity index (χ4v) is 2.77. The number of amides is 1. The number of carbonyl (C=O) groups excluding carboxylic acids is 2. The molecule has 126 valence electrons. The highest BCUT2D eigenvalue weighted by Gasteiger charge is 2.24. The molecule has 1 aromatic carbocycles. The number of ether oxygens (including phenoxy) is 2. The quantitative estimate of drug-likeness (QED) is 0.723. The number of hydrogen-bond donors (Lipinski definition) is 0. The molecule has 0 unspecified atom stereocenters. The third-order valence-electron chi connectivity index (χ3n) is 4.10. The predicted molar refractivity (Wildman–Crippen MR) is 87.0 cm³/mol. The summed E-state index contributed by atoms with van der Waals surface area (Å²) in [6.07, 6.45) is 3.45. The minimum Gasteiger partial charge on any atom is -0.469 e. The van der Waals surface area contributed by atoms with E-state index >= 15 is 0 Å². The number of benzene rings is 1. The van der Waals surface area contributed by atoms with E-state index in [9.17, 15) is 9.59 Å². The molecule has 1 atom stereocenters. The van der Waals surface area contributed by atoms with Gasteiger partial charge in [-0.15, -0.1) is 0 Å². The molecular weight excluding hydrogens is 294 g/mol. The van der Waals surface area contributed by atoms with Crippen molar-refractivity contribution in [3.05, 3.63) is 35.9 Å². The normalized spacial score (nSPS) is 17.8. The molecule has 1 heterocycles. The maximum Gasteiger partial charge on any atom is 0.306 e. The summed E-state index contributed by atoms with van der Waals surface area (Å²) < 4.78 is 10.3. The van der Waals surface area contributed by atoms with Gasteiger partial charge in [-0.1, -0.05) is 30.3 Å². The van der Waals surface area contributed by atoms with Crippen molar-refractivity contribution >= 4 is 11.9 Å². The summed E-state index contributed by atoms with van der Waals surface area (Å²) in [6.45, 7) is 1.80. The summed E-state index contributed by atoms with van der Waals surface area (Å²) in [5, 5.41) is 0. The number of morpholine rings is 1. The summed E-state index contributed by atoms with van der Waals surface area (Å²) in [6, 6.07) is 10.4. The van der Waals surface area contributed by atoms with Crippen LogP contribution in [0.4, 0.5) is 0 Å². The van der Waals surface area contributed by atoms with E-state index in [0.717, 1.165) is 19.3 Å². The molecule has 1 fully saturated rings. The summed E-state index contributed by atoms with van der Waals surface area (Å²) in [5.41, 5.74) is 1.33. The van der Waals surface area contributed by atoms with Gasteiger partial charge in [-0.25, -0.2) is 0 Å². The Morgan fingerprint density at radius 1 is 1.26 bits per heavy atom. The topological polar surface area (TPSA) is 55.8 Å². The second kappa shape index (κ2) is 9.30. The lowest BCUT2D eigenvalue weighted by Gasteiger charge is -2.33. The minimum atomic E-state index is -0.342. The van der Waals surface area contributed by atoms with Gasteiger partial charge in [-0.05, 0) is 24.8 Å². The maximum absolute atomic E-state index is 12.1. The molecule has 0 aliphatic carbocycles. The van der Waals surface area contributed by atoms with Gasteiger partial charge in [0.25, 0.3) is 0 Å². The second-order valence-electron chi connectivity index (χ2n) is 5.79. The maximum atomic E-state index is 12.1. The monoisotopic (exact) mass is 319 g/mol. The van der Waals surface area contributed by atoms with Crippen molar-refractivity contribution in [3.8, 4) is 0 Å². The molecule has 1 aliphatic rings. The van der Waals surface area contributed by atoms with Gasteiger partial charge in [0.15, 0.2) is 0 Å². The number of aryl methyl sites for hydroxylation is 1. The zero-order chi connectivity index (χ0) is 16.5. The van der Waals surface area contributed by atoms with E-state index in [1.54, 1.807) is 4.90 Å².